The van der Waals surface area contributed by atoms with Crippen LogP contribution in [0.15, 0.2) is 60.0 Å². The quantitative estimate of drug-likeness (QED) is 0.787. The number of rotatable bonds is 4. The van der Waals surface area contributed by atoms with Crippen molar-refractivity contribution in [2.75, 3.05) is 5.73 Å². The van der Waals surface area contributed by atoms with E-state index in [9.17, 15) is 0 Å². The number of nitrogens with two attached hydrogens (primary N) is 1. The minimum absolute atomic E-state index is 0.540. The fourth-order valence-corrected chi connectivity index (χ4v) is 2.65. The first-order chi connectivity index (χ1) is 9.83. The Labute approximate surface area is 121 Å². The first-order valence-corrected chi connectivity index (χ1v) is 7.18. The molecule has 2 N–H and O–H groups in total. The SMILES string of the molecule is Nc1csc(-c2ccccc2OCc2ccccc2)n1. The summed E-state index contributed by atoms with van der Waals surface area (Å²) in [5.74, 6) is 1.37. The maximum absolute atomic E-state index is 5.91. The third-order valence-corrected chi connectivity index (χ3v) is 3.77. The van der Waals surface area contributed by atoms with Gasteiger partial charge in [0, 0.05) is 5.38 Å². The summed E-state index contributed by atoms with van der Waals surface area (Å²) in [6.07, 6.45) is 0. The van der Waals surface area contributed by atoms with Crippen LogP contribution in [0.5, 0.6) is 5.75 Å². The highest BCUT2D eigenvalue weighted by atomic mass is 32.1. The normalized spacial score (nSPS) is 10.4. The lowest BCUT2D eigenvalue weighted by atomic mass is 10.2. The fourth-order valence-electron chi connectivity index (χ4n) is 1.91. The second kappa shape index (κ2) is 5.75. The van der Waals surface area contributed by atoms with Gasteiger partial charge in [-0.1, -0.05) is 42.5 Å². The third-order valence-electron chi connectivity index (χ3n) is 2.88. The number of hydrogen-bond acceptors (Lipinski definition) is 4. The Morgan fingerprint density at radius 3 is 2.50 bits per heavy atom. The van der Waals surface area contributed by atoms with Crippen molar-refractivity contribution in [1.29, 1.82) is 0 Å². The standard InChI is InChI=1S/C16H14N2OS/c17-15-11-20-16(18-15)13-8-4-5-9-14(13)19-10-12-6-2-1-3-7-12/h1-9,11H,10,17H2. The van der Waals surface area contributed by atoms with Crippen LogP contribution in [0.25, 0.3) is 10.6 Å². The highest BCUT2D eigenvalue weighted by Gasteiger charge is 2.09. The van der Waals surface area contributed by atoms with Crippen LogP contribution in [0.1, 0.15) is 5.56 Å². The van der Waals surface area contributed by atoms with Crippen molar-refractivity contribution in [3.05, 3.63) is 65.5 Å². The average molecular weight is 282 g/mol. The highest BCUT2D eigenvalue weighted by molar-refractivity contribution is 7.13. The molecule has 100 valence electrons. The van der Waals surface area contributed by atoms with Gasteiger partial charge in [-0.3, -0.25) is 0 Å². The second-order valence-corrected chi connectivity index (χ2v) is 5.21. The Morgan fingerprint density at radius 2 is 1.75 bits per heavy atom. The number of benzene rings is 2. The lowest BCUT2D eigenvalue weighted by Crippen LogP contribution is -1.96. The maximum atomic E-state index is 5.91. The molecule has 3 aromatic rings. The summed E-state index contributed by atoms with van der Waals surface area (Å²) in [7, 11) is 0. The van der Waals surface area contributed by atoms with Gasteiger partial charge in [-0.15, -0.1) is 11.3 Å². The van der Waals surface area contributed by atoms with Gasteiger partial charge in [0.1, 0.15) is 23.2 Å². The molecule has 0 amide bonds. The Bertz CT molecular complexity index is 694. The summed E-state index contributed by atoms with van der Waals surface area (Å²) < 4.78 is 5.91. The predicted molar refractivity (Wildman–Crippen MR) is 82.7 cm³/mol. The molecule has 0 atom stereocenters. The summed E-state index contributed by atoms with van der Waals surface area (Å²) in [5.41, 5.74) is 7.81. The molecule has 1 aromatic heterocycles. The summed E-state index contributed by atoms with van der Waals surface area (Å²) in [5, 5.41) is 2.72. The highest BCUT2D eigenvalue weighted by Crippen LogP contribution is 2.33. The molecule has 0 fully saturated rings. The van der Waals surface area contributed by atoms with E-state index in [1.165, 1.54) is 11.3 Å². The molecule has 2 aromatic carbocycles. The van der Waals surface area contributed by atoms with Crippen LogP contribution in [0.4, 0.5) is 5.82 Å². The van der Waals surface area contributed by atoms with E-state index in [-0.39, 0.29) is 0 Å². The van der Waals surface area contributed by atoms with Gasteiger partial charge in [0.05, 0.1) is 5.56 Å². The van der Waals surface area contributed by atoms with Crippen LogP contribution in [0.2, 0.25) is 0 Å². The van der Waals surface area contributed by atoms with Crippen LogP contribution in [0.3, 0.4) is 0 Å². The van der Waals surface area contributed by atoms with Gasteiger partial charge < -0.3 is 10.5 Å². The largest absolute Gasteiger partial charge is 0.488 e. The molecule has 0 aliphatic heterocycles. The van der Waals surface area contributed by atoms with Crippen molar-refractivity contribution in [1.82, 2.24) is 4.98 Å². The van der Waals surface area contributed by atoms with Gasteiger partial charge in [-0.05, 0) is 17.7 Å². The van der Waals surface area contributed by atoms with Crippen molar-refractivity contribution in [2.45, 2.75) is 6.61 Å². The number of nitrogen functional groups attached to an aromatic ring is 1. The van der Waals surface area contributed by atoms with Crippen LogP contribution in [-0.2, 0) is 6.61 Å². The molecule has 0 saturated heterocycles. The Balaban J connectivity index is 1.83. The zero-order chi connectivity index (χ0) is 13.8. The van der Waals surface area contributed by atoms with Crippen LogP contribution in [0, 0.1) is 0 Å². The van der Waals surface area contributed by atoms with E-state index in [0.717, 1.165) is 21.9 Å². The van der Waals surface area contributed by atoms with Gasteiger partial charge in [-0.25, -0.2) is 4.98 Å². The van der Waals surface area contributed by atoms with Crippen molar-refractivity contribution >= 4 is 17.2 Å². The Kier molecular flexibility index (Phi) is 3.65. The van der Waals surface area contributed by atoms with Crippen LogP contribution >= 0.6 is 11.3 Å². The summed E-state index contributed by atoms with van der Waals surface area (Å²) in [6.45, 7) is 0.540. The van der Waals surface area contributed by atoms with Crippen molar-refractivity contribution in [2.24, 2.45) is 0 Å². The number of para-hydroxylation sites is 1. The Hall–Kier alpha value is -2.33. The number of hydrogen-bond donors (Lipinski definition) is 1. The number of nitrogens with zero attached hydrogens (tertiary/aromatic N) is 1. The van der Waals surface area contributed by atoms with E-state index in [1.807, 2.05) is 60.0 Å². The summed E-state index contributed by atoms with van der Waals surface area (Å²) in [4.78, 5) is 4.31. The molecule has 3 nitrogen and oxygen atoms in total. The molecule has 3 rings (SSSR count). The van der Waals surface area contributed by atoms with E-state index in [0.29, 0.717) is 12.4 Å². The molecule has 0 aliphatic carbocycles. The van der Waals surface area contributed by atoms with Gasteiger partial charge in [-0.2, -0.15) is 0 Å². The molecular formula is C16H14N2OS. The van der Waals surface area contributed by atoms with E-state index >= 15 is 0 Å². The first kappa shape index (κ1) is 12.7. The Morgan fingerprint density at radius 1 is 1.00 bits per heavy atom. The minimum atomic E-state index is 0.540. The van der Waals surface area contributed by atoms with Gasteiger partial charge in [0.25, 0.3) is 0 Å². The van der Waals surface area contributed by atoms with Crippen LogP contribution < -0.4 is 10.5 Å². The molecule has 0 radical (unpaired) electrons. The zero-order valence-electron chi connectivity index (χ0n) is 10.8. The summed E-state index contributed by atoms with van der Waals surface area (Å²) >= 11 is 1.52. The third kappa shape index (κ3) is 2.81. The van der Waals surface area contributed by atoms with Gasteiger partial charge in [0.15, 0.2) is 0 Å². The van der Waals surface area contributed by atoms with Gasteiger partial charge >= 0.3 is 0 Å². The number of aromatic nitrogens is 1. The molecular weight excluding hydrogens is 268 g/mol. The molecule has 0 aliphatic rings. The molecule has 0 saturated carbocycles. The van der Waals surface area contributed by atoms with E-state index in [4.69, 9.17) is 10.5 Å². The van der Waals surface area contributed by atoms with Gasteiger partial charge in [0.2, 0.25) is 0 Å². The zero-order valence-corrected chi connectivity index (χ0v) is 11.6. The monoisotopic (exact) mass is 282 g/mol. The van der Waals surface area contributed by atoms with E-state index < -0.39 is 0 Å². The van der Waals surface area contributed by atoms with Crippen molar-refractivity contribution in [3.63, 3.8) is 0 Å². The number of anilines is 1. The lowest BCUT2D eigenvalue weighted by Gasteiger charge is -2.09. The number of thiazole rings is 1. The molecule has 1 heterocycles. The fraction of sp³-hybridized carbons (Fsp3) is 0.0625. The predicted octanol–water partition coefficient (Wildman–Crippen LogP) is 3.97. The number of ether oxygens (including phenoxy) is 1. The van der Waals surface area contributed by atoms with Crippen molar-refractivity contribution in [3.8, 4) is 16.3 Å². The van der Waals surface area contributed by atoms with Crippen LogP contribution in [-0.4, -0.2) is 4.98 Å². The molecule has 20 heavy (non-hydrogen) atoms. The molecule has 0 bridgehead atoms. The molecule has 0 spiro atoms. The van der Waals surface area contributed by atoms with E-state index in [2.05, 4.69) is 4.98 Å². The molecule has 0 unspecified atom stereocenters. The lowest BCUT2D eigenvalue weighted by molar-refractivity contribution is 0.307. The van der Waals surface area contributed by atoms with E-state index in [1.54, 1.807) is 0 Å². The second-order valence-electron chi connectivity index (χ2n) is 4.35. The maximum Gasteiger partial charge on any atom is 0.135 e. The smallest absolute Gasteiger partial charge is 0.135 e. The minimum Gasteiger partial charge on any atom is -0.488 e. The first-order valence-electron chi connectivity index (χ1n) is 6.30. The molecule has 4 heteroatoms. The van der Waals surface area contributed by atoms with Crippen molar-refractivity contribution < 1.29 is 4.74 Å². The summed E-state index contributed by atoms with van der Waals surface area (Å²) in [6, 6.07) is 18.0. The topological polar surface area (TPSA) is 48.1 Å². The average Bonchev–Trinajstić information content (AvgIpc) is 2.93.